The highest BCUT2D eigenvalue weighted by Crippen LogP contribution is 2.20. The van der Waals surface area contributed by atoms with Crippen LogP contribution in [0, 0.1) is 10.1 Å². The molecule has 1 aromatic carbocycles. The van der Waals surface area contributed by atoms with Gasteiger partial charge in [-0.05, 0) is 17.5 Å². The first-order chi connectivity index (χ1) is 12.1. The Hall–Kier alpha value is -3.42. The smallest absolute Gasteiger partial charge is 0.407 e. The van der Waals surface area contributed by atoms with Crippen molar-refractivity contribution in [2.24, 2.45) is 0 Å². The van der Waals surface area contributed by atoms with Crippen LogP contribution in [0.2, 0.25) is 0 Å². The van der Waals surface area contributed by atoms with Crippen molar-refractivity contribution in [1.82, 2.24) is 10.3 Å². The van der Waals surface area contributed by atoms with Gasteiger partial charge in [0.15, 0.2) is 0 Å². The highest BCUT2D eigenvalue weighted by Gasteiger charge is 2.12. The molecule has 0 aliphatic heterocycles. The molecule has 2 rings (SSSR count). The number of amides is 1. The van der Waals surface area contributed by atoms with Gasteiger partial charge in [0.2, 0.25) is 5.82 Å². The van der Waals surface area contributed by atoms with Crippen LogP contribution in [-0.4, -0.2) is 22.5 Å². The minimum Gasteiger partial charge on any atom is -0.445 e. The number of nitrogens with one attached hydrogen (secondary N) is 1. The molecule has 3 N–H and O–H groups in total. The number of pyridine rings is 1. The van der Waals surface area contributed by atoms with Gasteiger partial charge in [-0.1, -0.05) is 42.5 Å². The number of carbonyl (C=O) groups excluding carboxylic acids is 1. The molecular formula is C17H18N4O4. The number of nitrogens with zero attached hydrogens (tertiary/aromatic N) is 2. The maximum Gasteiger partial charge on any atom is 0.407 e. The molecule has 1 aromatic heterocycles. The molecule has 0 atom stereocenters. The molecule has 0 aliphatic carbocycles. The number of rotatable bonds is 7. The molecule has 0 bridgehead atoms. The van der Waals surface area contributed by atoms with Crippen molar-refractivity contribution in [3.05, 3.63) is 69.9 Å². The minimum atomic E-state index is -0.579. The van der Waals surface area contributed by atoms with E-state index in [1.807, 2.05) is 30.3 Å². The maximum atomic E-state index is 11.6. The van der Waals surface area contributed by atoms with Crippen LogP contribution in [0.15, 0.2) is 48.7 Å². The van der Waals surface area contributed by atoms with Gasteiger partial charge in [-0.25, -0.2) is 9.78 Å². The van der Waals surface area contributed by atoms with E-state index >= 15 is 0 Å². The molecule has 8 heteroatoms. The van der Waals surface area contributed by atoms with Crippen molar-refractivity contribution in [2.45, 2.75) is 13.0 Å². The van der Waals surface area contributed by atoms with Gasteiger partial charge in [0, 0.05) is 18.8 Å². The van der Waals surface area contributed by atoms with Crippen molar-refractivity contribution >= 4 is 23.7 Å². The number of aromatic nitrogens is 1. The summed E-state index contributed by atoms with van der Waals surface area (Å²) in [6, 6.07) is 10.7. The zero-order valence-corrected chi connectivity index (χ0v) is 13.4. The molecule has 0 radical (unpaired) electrons. The van der Waals surface area contributed by atoms with Gasteiger partial charge in [0.05, 0.1) is 4.92 Å². The fraction of sp³-hybridized carbons (Fsp3) is 0.176. The fourth-order valence-electron chi connectivity index (χ4n) is 1.97. The minimum absolute atomic E-state index is 0.120. The summed E-state index contributed by atoms with van der Waals surface area (Å²) in [7, 11) is 0. The predicted molar refractivity (Wildman–Crippen MR) is 93.6 cm³/mol. The summed E-state index contributed by atoms with van der Waals surface area (Å²) in [6.45, 7) is 0.595. The summed E-state index contributed by atoms with van der Waals surface area (Å²) < 4.78 is 5.08. The van der Waals surface area contributed by atoms with Crippen molar-refractivity contribution in [3.8, 4) is 0 Å². The molecule has 2 aromatic rings. The zero-order valence-electron chi connectivity index (χ0n) is 13.4. The first-order valence-electron chi connectivity index (χ1n) is 7.57. The standard InChI is InChI=1S/C17H18N4O4/c18-16-15(21(23)24)10-14(11-20-16)8-4-5-9-19-17(22)25-12-13-6-2-1-3-7-13/h1-4,6-8,10-11H,5,9,12H2,(H2,18,20)(H,19,22). The largest absolute Gasteiger partial charge is 0.445 e. The normalized spacial score (nSPS) is 10.6. The molecule has 1 amide bonds. The van der Waals surface area contributed by atoms with Crippen LogP contribution in [0.3, 0.4) is 0 Å². The second kappa shape index (κ2) is 9.02. The molecule has 0 spiro atoms. The SMILES string of the molecule is Nc1ncc(C=CCCNC(=O)OCc2ccccc2)cc1[N+](=O)[O-]. The van der Waals surface area contributed by atoms with E-state index in [0.717, 1.165) is 5.56 Å². The van der Waals surface area contributed by atoms with E-state index in [9.17, 15) is 14.9 Å². The molecule has 0 saturated heterocycles. The number of hydrogen-bond donors (Lipinski definition) is 2. The Morgan fingerprint density at radius 2 is 2.12 bits per heavy atom. The Bertz CT molecular complexity index is 762. The number of nitrogen functional groups attached to an aromatic ring is 1. The van der Waals surface area contributed by atoms with Crippen LogP contribution in [0.5, 0.6) is 0 Å². The molecule has 8 nitrogen and oxygen atoms in total. The van der Waals surface area contributed by atoms with Crippen LogP contribution in [0.4, 0.5) is 16.3 Å². The van der Waals surface area contributed by atoms with Gasteiger partial charge >= 0.3 is 11.8 Å². The van der Waals surface area contributed by atoms with E-state index in [-0.39, 0.29) is 18.1 Å². The van der Waals surface area contributed by atoms with Gasteiger partial charge in [0.25, 0.3) is 0 Å². The molecule has 0 aliphatic rings. The maximum absolute atomic E-state index is 11.6. The quantitative estimate of drug-likeness (QED) is 0.453. The number of hydrogen-bond acceptors (Lipinski definition) is 6. The summed E-state index contributed by atoms with van der Waals surface area (Å²) >= 11 is 0. The van der Waals surface area contributed by atoms with Gasteiger partial charge in [0.1, 0.15) is 6.61 Å². The third-order valence-electron chi connectivity index (χ3n) is 3.22. The monoisotopic (exact) mass is 342 g/mol. The Morgan fingerprint density at radius 1 is 1.36 bits per heavy atom. The van der Waals surface area contributed by atoms with E-state index in [1.54, 1.807) is 12.2 Å². The van der Waals surface area contributed by atoms with E-state index in [4.69, 9.17) is 10.5 Å². The van der Waals surface area contributed by atoms with Crippen LogP contribution in [0.25, 0.3) is 6.08 Å². The van der Waals surface area contributed by atoms with Gasteiger partial charge in [-0.2, -0.15) is 0 Å². The Balaban J connectivity index is 1.72. The molecule has 0 saturated carbocycles. The highest BCUT2D eigenvalue weighted by molar-refractivity contribution is 5.67. The summed E-state index contributed by atoms with van der Waals surface area (Å²) in [5.41, 5.74) is 6.68. The molecule has 130 valence electrons. The van der Waals surface area contributed by atoms with Crippen molar-refractivity contribution in [3.63, 3.8) is 0 Å². The summed E-state index contributed by atoms with van der Waals surface area (Å²) in [5, 5.41) is 13.4. The van der Waals surface area contributed by atoms with Gasteiger partial charge in [-0.3, -0.25) is 10.1 Å². The molecule has 0 unspecified atom stereocenters. The number of benzene rings is 1. The van der Waals surface area contributed by atoms with Crippen LogP contribution < -0.4 is 11.1 Å². The Labute approximate surface area is 144 Å². The third kappa shape index (κ3) is 5.94. The average molecular weight is 342 g/mol. The molecule has 25 heavy (non-hydrogen) atoms. The Kier molecular flexibility index (Phi) is 6.47. The fourth-order valence-corrected chi connectivity index (χ4v) is 1.97. The summed E-state index contributed by atoms with van der Waals surface area (Å²) in [4.78, 5) is 25.5. The number of alkyl carbamates (subject to hydrolysis) is 1. The zero-order chi connectivity index (χ0) is 18.1. The lowest BCUT2D eigenvalue weighted by atomic mass is 10.2. The lowest BCUT2D eigenvalue weighted by Crippen LogP contribution is -2.24. The number of anilines is 1. The number of carbonyl (C=O) groups is 1. The number of ether oxygens (including phenoxy) is 1. The summed E-state index contributed by atoms with van der Waals surface area (Å²) in [6.07, 6.45) is 4.94. The van der Waals surface area contributed by atoms with E-state index in [1.165, 1.54) is 12.3 Å². The molecular weight excluding hydrogens is 324 g/mol. The van der Waals surface area contributed by atoms with Crippen molar-refractivity contribution < 1.29 is 14.5 Å². The van der Waals surface area contributed by atoms with E-state index < -0.39 is 11.0 Å². The van der Waals surface area contributed by atoms with Gasteiger partial charge < -0.3 is 15.8 Å². The highest BCUT2D eigenvalue weighted by atomic mass is 16.6. The van der Waals surface area contributed by atoms with Crippen LogP contribution in [-0.2, 0) is 11.3 Å². The first-order valence-corrected chi connectivity index (χ1v) is 7.57. The topological polar surface area (TPSA) is 120 Å². The second-order valence-corrected chi connectivity index (χ2v) is 5.11. The summed E-state index contributed by atoms with van der Waals surface area (Å²) in [5.74, 6) is -0.120. The predicted octanol–water partition coefficient (Wildman–Crippen LogP) is 2.90. The van der Waals surface area contributed by atoms with Crippen molar-refractivity contribution in [2.75, 3.05) is 12.3 Å². The van der Waals surface area contributed by atoms with E-state index in [2.05, 4.69) is 10.3 Å². The number of nitrogens with two attached hydrogens (primary N) is 1. The van der Waals surface area contributed by atoms with Crippen LogP contribution in [0.1, 0.15) is 17.5 Å². The third-order valence-corrected chi connectivity index (χ3v) is 3.22. The lowest BCUT2D eigenvalue weighted by Gasteiger charge is -2.05. The second-order valence-electron chi connectivity index (χ2n) is 5.11. The van der Waals surface area contributed by atoms with Gasteiger partial charge in [-0.15, -0.1) is 0 Å². The lowest BCUT2D eigenvalue weighted by molar-refractivity contribution is -0.384. The van der Waals surface area contributed by atoms with E-state index in [0.29, 0.717) is 18.5 Å². The molecule has 1 heterocycles. The number of nitro groups is 1. The van der Waals surface area contributed by atoms with Crippen LogP contribution >= 0.6 is 0 Å². The average Bonchev–Trinajstić information content (AvgIpc) is 2.61. The van der Waals surface area contributed by atoms with Crippen molar-refractivity contribution in [1.29, 1.82) is 0 Å². The first kappa shape index (κ1) is 17.9. The Morgan fingerprint density at radius 3 is 2.84 bits per heavy atom. The molecule has 0 fully saturated rings.